The second-order valence-corrected chi connectivity index (χ2v) is 12.9. The van der Waals surface area contributed by atoms with Gasteiger partial charge in [0, 0.05) is 31.1 Å². The van der Waals surface area contributed by atoms with Gasteiger partial charge in [-0.25, -0.2) is 4.79 Å². The minimum atomic E-state index is -0.589. The van der Waals surface area contributed by atoms with Gasteiger partial charge in [0.05, 0.1) is 23.9 Å². The minimum Gasteiger partial charge on any atom is -0.444 e. The van der Waals surface area contributed by atoms with E-state index < -0.39 is 5.60 Å². The highest BCUT2D eigenvalue weighted by atomic mass is 32.1. The summed E-state index contributed by atoms with van der Waals surface area (Å²) in [5.74, 6) is 0.573. The van der Waals surface area contributed by atoms with Crippen molar-refractivity contribution >= 4 is 45.4 Å². The van der Waals surface area contributed by atoms with Gasteiger partial charge >= 0.3 is 6.09 Å². The summed E-state index contributed by atoms with van der Waals surface area (Å²) in [6.07, 6.45) is 2.70. The maximum Gasteiger partial charge on any atom is 0.410 e. The number of thiophene rings is 1. The van der Waals surface area contributed by atoms with Crippen molar-refractivity contribution in [2.45, 2.75) is 66.5 Å². The molecule has 3 aromatic heterocycles. The molecule has 0 saturated carbocycles. The molecule has 226 valence electrons. The van der Waals surface area contributed by atoms with Gasteiger partial charge in [-0.2, -0.15) is 9.50 Å². The molecule has 12 nitrogen and oxygen atoms in total. The van der Waals surface area contributed by atoms with Crippen LogP contribution in [0.5, 0.6) is 0 Å². The number of fused-ring (bicyclic) bond motifs is 1. The smallest absolute Gasteiger partial charge is 0.410 e. The molecular weight excluding hydrogens is 558 g/mol. The van der Waals surface area contributed by atoms with Crippen LogP contribution in [0.3, 0.4) is 0 Å². The zero-order valence-corrected chi connectivity index (χ0v) is 26.0. The van der Waals surface area contributed by atoms with Crippen LogP contribution in [0.25, 0.3) is 11.4 Å². The van der Waals surface area contributed by atoms with Crippen molar-refractivity contribution in [1.82, 2.24) is 24.1 Å². The molecule has 0 atom stereocenters. The van der Waals surface area contributed by atoms with Gasteiger partial charge in [0.2, 0.25) is 11.7 Å². The topological polar surface area (TPSA) is 123 Å². The first-order valence-electron chi connectivity index (χ1n) is 14.3. The number of carbonyl (C=O) groups excluding carboxylic acids is 2. The zero-order valence-electron chi connectivity index (χ0n) is 25.2. The quantitative estimate of drug-likeness (QED) is 0.457. The lowest BCUT2D eigenvalue weighted by Gasteiger charge is -2.37. The van der Waals surface area contributed by atoms with Gasteiger partial charge in [0.1, 0.15) is 17.8 Å². The predicted octanol–water partition coefficient (Wildman–Crippen LogP) is 3.63. The maximum absolute atomic E-state index is 14.0. The van der Waals surface area contributed by atoms with Crippen LogP contribution in [0.1, 0.15) is 56.1 Å². The number of carbonyl (C=O) groups is 2. The molecule has 2 aliphatic rings. The Bertz CT molecular complexity index is 1590. The van der Waals surface area contributed by atoms with Gasteiger partial charge in [-0.3, -0.25) is 9.59 Å². The summed E-state index contributed by atoms with van der Waals surface area (Å²) >= 11 is 1.53. The average Bonchev–Trinajstić information content (AvgIpc) is 3.52. The number of ether oxygens (including phenoxy) is 2. The molecule has 5 heterocycles. The van der Waals surface area contributed by atoms with Gasteiger partial charge in [-0.05, 0) is 64.7 Å². The van der Waals surface area contributed by atoms with Gasteiger partial charge < -0.3 is 29.2 Å². The highest BCUT2D eigenvalue weighted by molar-refractivity contribution is 7.16. The van der Waals surface area contributed by atoms with Crippen LogP contribution in [-0.2, 0) is 27.2 Å². The van der Waals surface area contributed by atoms with Gasteiger partial charge in [-0.1, -0.05) is 13.0 Å². The molecule has 0 spiro atoms. The third-order valence-electron chi connectivity index (χ3n) is 7.25. The van der Waals surface area contributed by atoms with Gasteiger partial charge in [0.15, 0.2) is 5.82 Å². The molecule has 13 heteroatoms. The number of amides is 2. The van der Waals surface area contributed by atoms with Crippen LogP contribution in [0.2, 0.25) is 0 Å². The van der Waals surface area contributed by atoms with E-state index in [1.165, 1.54) is 15.9 Å². The van der Waals surface area contributed by atoms with Crippen LogP contribution in [0.15, 0.2) is 16.9 Å². The standard InChI is InChI=1S/C29H39N7O5S/c1-7-21-23(33-10-12-34(13-11-33)28(39)41-29(4,5)6)26(38)36-27(31-24(32-36)20-8-14-40-15-9-20)35(21)17-22(37)30-25-18(2)16-19(3)42-25/h8,16H,7,9-15,17H2,1-6H3,(H,30,37). The molecule has 5 rings (SSSR count). The van der Waals surface area contributed by atoms with Crippen molar-refractivity contribution in [3.63, 3.8) is 0 Å². The maximum atomic E-state index is 14.0. The molecular formula is C29H39N7O5S. The van der Waals surface area contributed by atoms with Crippen molar-refractivity contribution in [3.05, 3.63) is 44.5 Å². The van der Waals surface area contributed by atoms with Crippen molar-refractivity contribution < 1.29 is 19.1 Å². The lowest BCUT2D eigenvalue weighted by atomic mass is 10.1. The Morgan fingerprint density at radius 3 is 2.50 bits per heavy atom. The van der Waals surface area contributed by atoms with Crippen molar-refractivity contribution in [3.8, 4) is 0 Å². The van der Waals surface area contributed by atoms with E-state index in [4.69, 9.17) is 14.5 Å². The molecule has 42 heavy (non-hydrogen) atoms. The summed E-state index contributed by atoms with van der Waals surface area (Å²) in [7, 11) is 0. The molecule has 0 aromatic carbocycles. The van der Waals surface area contributed by atoms with E-state index >= 15 is 0 Å². The molecule has 0 aliphatic carbocycles. The highest BCUT2D eigenvalue weighted by Crippen LogP contribution is 2.28. The Labute approximate surface area is 248 Å². The first kappa shape index (κ1) is 29.8. The largest absolute Gasteiger partial charge is 0.444 e. The van der Waals surface area contributed by atoms with Crippen molar-refractivity contribution in [2.24, 2.45) is 0 Å². The fourth-order valence-electron chi connectivity index (χ4n) is 5.31. The molecule has 2 aliphatic heterocycles. The van der Waals surface area contributed by atoms with E-state index in [9.17, 15) is 14.4 Å². The predicted molar refractivity (Wildman–Crippen MR) is 162 cm³/mol. The lowest BCUT2D eigenvalue weighted by Crippen LogP contribution is -2.51. The van der Waals surface area contributed by atoms with E-state index in [0.29, 0.717) is 75.2 Å². The molecule has 3 aromatic rings. The fraction of sp³-hybridized carbons (Fsp3) is 0.552. The Morgan fingerprint density at radius 2 is 1.90 bits per heavy atom. The van der Waals surface area contributed by atoms with E-state index in [0.717, 1.165) is 21.0 Å². The van der Waals surface area contributed by atoms with Crippen LogP contribution >= 0.6 is 11.3 Å². The third kappa shape index (κ3) is 6.21. The normalized spacial score (nSPS) is 16.1. The molecule has 1 N–H and O–H groups in total. The molecule has 2 amide bonds. The summed E-state index contributed by atoms with van der Waals surface area (Å²) in [6.45, 7) is 14.1. The van der Waals surface area contributed by atoms with E-state index in [2.05, 4.69) is 10.4 Å². The van der Waals surface area contributed by atoms with E-state index in [1.54, 1.807) is 9.47 Å². The van der Waals surface area contributed by atoms with Crippen LogP contribution in [0, 0.1) is 13.8 Å². The number of nitrogens with one attached hydrogen (secondary N) is 1. The summed E-state index contributed by atoms with van der Waals surface area (Å²) in [4.78, 5) is 49.6. The Morgan fingerprint density at radius 1 is 1.17 bits per heavy atom. The number of anilines is 2. The number of aryl methyl sites for hydroxylation is 2. The Kier molecular flexibility index (Phi) is 8.42. The van der Waals surface area contributed by atoms with Crippen LogP contribution in [0.4, 0.5) is 15.5 Å². The average molecular weight is 598 g/mol. The lowest BCUT2D eigenvalue weighted by molar-refractivity contribution is -0.116. The molecule has 1 saturated heterocycles. The molecule has 1 fully saturated rings. The van der Waals surface area contributed by atoms with Crippen LogP contribution < -0.4 is 15.8 Å². The number of hydrogen-bond acceptors (Lipinski definition) is 9. The van der Waals surface area contributed by atoms with E-state index in [-0.39, 0.29) is 24.1 Å². The third-order valence-corrected chi connectivity index (χ3v) is 8.32. The first-order chi connectivity index (χ1) is 19.9. The van der Waals surface area contributed by atoms with Crippen molar-refractivity contribution in [1.29, 1.82) is 0 Å². The summed E-state index contributed by atoms with van der Waals surface area (Å²) in [5.41, 5.74) is 2.21. The number of hydrogen-bond donors (Lipinski definition) is 1. The summed E-state index contributed by atoms with van der Waals surface area (Å²) in [6, 6.07) is 2.04. The number of rotatable bonds is 6. The minimum absolute atomic E-state index is 0.0332. The first-order valence-corrected chi connectivity index (χ1v) is 15.2. The highest BCUT2D eigenvalue weighted by Gasteiger charge is 2.30. The second kappa shape index (κ2) is 11.9. The van der Waals surface area contributed by atoms with Crippen molar-refractivity contribution in [2.75, 3.05) is 49.6 Å². The second-order valence-electron chi connectivity index (χ2n) is 11.6. The monoisotopic (exact) mass is 597 g/mol. The van der Waals surface area contributed by atoms with Crippen LogP contribution in [-0.4, -0.2) is 81.1 Å². The molecule has 0 radical (unpaired) electrons. The number of piperazine rings is 1. The van der Waals surface area contributed by atoms with E-state index in [1.807, 2.05) is 58.6 Å². The Hall–Kier alpha value is -3.71. The zero-order chi connectivity index (χ0) is 30.2. The fourth-order valence-corrected chi connectivity index (χ4v) is 6.25. The van der Waals surface area contributed by atoms with Gasteiger partial charge in [0.25, 0.3) is 5.56 Å². The SMILES string of the molecule is CCc1c(N2CCN(C(=O)OC(C)(C)C)CC2)c(=O)n2nc(C3=CCOCC3)nc2n1CC(=O)Nc1sc(C)cc1C. The number of aromatic nitrogens is 4. The summed E-state index contributed by atoms with van der Waals surface area (Å²) < 4.78 is 14.1. The van der Waals surface area contributed by atoms with Gasteiger partial charge in [-0.15, -0.1) is 16.4 Å². The number of nitrogens with zero attached hydrogens (tertiary/aromatic N) is 6. The molecule has 0 unspecified atom stereocenters. The molecule has 0 bridgehead atoms. The summed E-state index contributed by atoms with van der Waals surface area (Å²) in [5, 5.41) is 8.47. The Balaban J connectivity index is 1.53.